The maximum Gasteiger partial charge on any atom is 0.214 e. The molecular weight excluding hydrogens is 224 g/mol. The van der Waals surface area contributed by atoms with Gasteiger partial charge in [-0.05, 0) is 31.9 Å². The Morgan fingerprint density at radius 3 is 2.69 bits per heavy atom. The van der Waals surface area contributed by atoms with Crippen LogP contribution in [0.1, 0.15) is 25.5 Å². The lowest BCUT2D eigenvalue weighted by molar-refractivity contribution is 0.395. The fourth-order valence-corrected chi connectivity index (χ4v) is 2.96. The molecule has 0 radical (unpaired) electrons. The van der Waals surface area contributed by atoms with E-state index in [-0.39, 0.29) is 11.8 Å². The first kappa shape index (κ1) is 11.5. The van der Waals surface area contributed by atoms with Crippen LogP contribution >= 0.6 is 0 Å². The summed E-state index contributed by atoms with van der Waals surface area (Å²) in [5.41, 5.74) is 0.812. The normalized spacial score (nSPS) is 16.6. The lowest BCUT2D eigenvalue weighted by Crippen LogP contribution is -2.34. The smallest absolute Gasteiger partial charge is 0.214 e. The minimum absolute atomic E-state index is 0.163. The van der Waals surface area contributed by atoms with Gasteiger partial charge in [0.15, 0.2) is 0 Å². The predicted molar refractivity (Wildman–Crippen MR) is 62.3 cm³/mol. The van der Waals surface area contributed by atoms with Crippen LogP contribution in [0.15, 0.2) is 24.4 Å². The number of hydrogen-bond acceptors (Lipinski definition) is 3. The van der Waals surface area contributed by atoms with Crippen molar-refractivity contribution in [2.75, 3.05) is 5.75 Å². The molecule has 0 N–H and O–H groups in total. The van der Waals surface area contributed by atoms with E-state index in [1.807, 2.05) is 18.2 Å². The number of sulfonamides is 1. The molecule has 1 fully saturated rings. The number of hydrogen-bond donors (Lipinski definition) is 0. The Balaban J connectivity index is 2.16. The molecule has 0 aliphatic heterocycles. The maximum absolute atomic E-state index is 11.9. The molecule has 16 heavy (non-hydrogen) atoms. The summed E-state index contributed by atoms with van der Waals surface area (Å²) in [5, 5.41) is 0. The Kier molecular flexibility index (Phi) is 3.25. The van der Waals surface area contributed by atoms with Gasteiger partial charge in [0.1, 0.15) is 0 Å². The maximum atomic E-state index is 11.9. The van der Waals surface area contributed by atoms with E-state index in [9.17, 15) is 8.42 Å². The van der Waals surface area contributed by atoms with Crippen LogP contribution < -0.4 is 0 Å². The van der Waals surface area contributed by atoms with Gasteiger partial charge >= 0.3 is 0 Å². The minimum atomic E-state index is -3.10. The Morgan fingerprint density at radius 2 is 2.19 bits per heavy atom. The van der Waals surface area contributed by atoms with Crippen molar-refractivity contribution in [1.82, 2.24) is 9.29 Å². The van der Waals surface area contributed by atoms with Gasteiger partial charge in [0.25, 0.3) is 0 Å². The summed E-state index contributed by atoms with van der Waals surface area (Å²) >= 11 is 0. The number of rotatable bonds is 5. The first-order valence-corrected chi connectivity index (χ1v) is 7.14. The van der Waals surface area contributed by atoms with E-state index in [1.165, 1.54) is 0 Å². The monoisotopic (exact) mass is 240 g/mol. The molecule has 0 saturated heterocycles. The van der Waals surface area contributed by atoms with Crippen LogP contribution in [0.2, 0.25) is 0 Å². The van der Waals surface area contributed by atoms with Gasteiger partial charge in [-0.2, -0.15) is 4.31 Å². The summed E-state index contributed by atoms with van der Waals surface area (Å²) < 4.78 is 25.4. The van der Waals surface area contributed by atoms with Crippen molar-refractivity contribution in [3.63, 3.8) is 0 Å². The average molecular weight is 240 g/mol. The molecule has 1 aliphatic carbocycles. The SMILES string of the molecule is CCS(=O)(=O)N(Cc1ccccn1)C1CC1. The van der Waals surface area contributed by atoms with Crippen LogP contribution in [0.4, 0.5) is 0 Å². The van der Waals surface area contributed by atoms with Crippen molar-refractivity contribution < 1.29 is 8.42 Å². The van der Waals surface area contributed by atoms with Gasteiger partial charge in [-0.3, -0.25) is 4.98 Å². The van der Waals surface area contributed by atoms with E-state index in [1.54, 1.807) is 17.4 Å². The van der Waals surface area contributed by atoms with Crippen LogP contribution in [0.5, 0.6) is 0 Å². The molecule has 1 saturated carbocycles. The first-order valence-electron chi connectivity index (χ1n) is 5.53. The van der Waals surface area contributed by atoms with Gasteiger partial charge in [0, 0.05) is 12.2 Å². The Bertz CT molecular complexity index is 440. The Labute approximate surface area is 96.4 Å². The van der Waals surface area contributed by atoms with Crippen LogP contribution in [0.25, 0.3) is 0 Å². The van der Waals surface area contributed by atoms with Crippen molar-refractivity contribution in [3.05, 3.63) is 30.1 Å². The van der Waals surface area contributed by atoms with Crippen LogP contribution in [-0.2, 0) is 16.6 Å². The van der Waals surface area contributed by atoms with E-state index in [2.05, 4.69) is 4.98 Å². The molecule has 0 bridgehead atoms. The molecule has 2 rings (SSSR count). The zero-order valence-electron chi connectivity index (χ0n) is 9.33. The summed E-state index contributed by atoms with van der Waals surface area (Å²) in [7, 11) is -3.10. The zero-order chi connectivity index (χ0) is 11.6. The third kappa shape index (κ3) is 2.59. The van der Waals surface area contributed by atoms with E-state index in [4.69, 9.17) is 0 Å². The number of nitrogens with zero attached hydrogens (tertiary/aromatic N) is 2. The second kappa shape index (κ2) is 4.51. The Morgan fingerprint density at radius 1 is 1.44 bits per heavy atom. The second-order valence-corrected chi connectivity index (χ2v) is 6.21. The van der Waals surface area contributed by atoms with E-state index < -0.39 is 10.0 Å². The van der Waals surface area contributed by atoms with Crippen LogP contribution in [0.3, 0.4) is 0 Å². The van der Waals surface area contributed by atoms with Crippen LogP contribution in [0, 0.1) is 0 Å². The molecule has 0 aromatic carbocycles. The zero-order valence-corrected chi connectivity index (χ0v) is 10.2. The molecular formula is C11H16N2O2S. The molecule has 88 valence electrons. The first-order chi connectivity index (χ1) is 7.63. The quantitative estimate of drug-likeness (QED) is 0.781. The van der Waals surface area contributed by atoms with Crippen molar-refractivity contribution in [3.8, 4) is 0 Å². The molecule has 0 atom stereocenters. The molecule has 0 amide bonds. The van der Waals surface area contributed by atoms with E-state index >= 15 is 0 Å². The average Bonchev–Trinajstić information content (AvgIpc) is 3.11. The van der Waals surface area contributed by atoms with Crippen LogP contribution in [-0.4, -0.2) is 29.5 Å². The molecule has 1 aromatic rings. The number of pyridine rings is 1. The standard InChI is InChI=1S/C11H16N2O2S/c1-2-16(14,15)13(11-6-7-11)9-10-5-3-4-8-12-10/h3-5,8,11H,2,6-7,9H2,1H3. The summed E-state index contributed by atoms with van der Waals surface area (Å²) in [6.45, 7) is 2.09. The number of aromatic nitrogens is 1. The topological polar surface area (TPSA) is 50.3 Å². The van der Waals surface area contributed by atoms with Gasteiger partial charge in [0.05, 0.1) is 18.0 Å². The lowest BCUT2D eigenvalue weighted by atomic mass is 10.3. The second-order valence-electron chi connectivity index (χ2n) is 4.00. The Hall–Kier alpha value is -0.940. The third-order valence-corrected chi connectivity index (χ3v) is 4.59. The lowest BCUT2D eigenvalue weighted by Gasteiger charge is -2.20. The highest BCUT2D eigenvalue weighted by Crippen LogP contribution is 2.30. The molecule has 0 unspecified atom stereocenters. The minimum Gasteiger partial charge on any atom is -0.260 e. The van der Waals surface area contributed by atoms with Gasteiger partial charge in [-0.1, -0.05) is 6.07 Å². The van der Waals surface area contributed by atoms with Crippen molar-refractivity contribution in [1.29, 1.82) is 0 Å². The summed E-state index contributed by atoms with van der Waals surface area (Å²) in [4.78, 5) is 4.17. The molecule has 1 aromatic heterocycles. The molecule has 0 spiro atoms. The van der Waals surface area contributed by atoms with E-state index in [0.29, 0.717) is 6.54 Å². The largest absolute Gasteiger partial charge is 0.260 e. The summed E-state index contributed by atoms with van der Waals surface area (Å²) in [6.07, 6.45) is 3.65. The van der Waals surface area contributed by atoms with E-state index in [0.717, 1.165) is 18.5 Å². The van der Waals surface area contributed by atoms with Gasteiger partial charge < -0.3 is 0 Å². The highest BCUT2D eigenvalue weighted by Gasteiger charge is 2.36. The van der Waals surface area contributed by atoms with Crippen molar-refractivity contribution >= 4 is 10.0 Å². The molecule has 4 nitrogen and oxygen atoms in total. The summed E-state index contributed by atoms with van der Waals surface area (Å²) in [5.74, 6) is 0.163. The highest BCUT2D eigenvalue weighted by molar-refractivity contribution is 7.89. The summed E-state index contributed by atoms with van der Waals surface area (Å²) in [6, 6.07) is 5.78. The highest BCUT2D eigenvalue weighted by atomic mass is 32.2. The fourth-order valence-electron chi connectivity index (χ4n) is 1.63. The molecule has 1 heterocycles. The fraction of sp³-hybridized carbons (Fsp3) is 0.545. The predicted octanol–water partition coefficient (Wildman–Crippen LogP) is 1.40. The van der Waals surface area contributed by atoms with Gasteiger partial charge in [0.2, 0.25) is 10.0 Å². The molecule has 5 heteroatoms. The third-order valence-electron chi connectivity index (χ3n) is 2.72. The van der Waals surface area contributed by atoms with Gasteiger partial charge in [-0.15, -0.1) is 0 Å². The molecule has 1 aliphatic rings. The van der Waals surface area contributed by atoms with Crippen molar-refractivity contribution in [2.45, 2.75) is 32.4 Å². The van der Waals surface area contributed by atoms with Gasteiger partial charge in [-0.25, -0.2) is 8.42 Å². The van der Waals surface area contributed by atoms with Crippen molar-refractivity contribution in [2.24, 2.45) is 0 Å².